The minimum Gasteiger partial charge on any atom is -0.331 e. The Kier molecular flexibility index (Phi) is 4.89. The Morgan fingerprint density at radius 1 is 1.35 bits per heavy atom. The standard InChI is InChI=1S/C15H12BrClN4OS/c1-8-11(16)6-12-14(18-8)21-15(20-12)23-7-13(22)19-10-4-2-9(17)3-5-10/h2-6H,7H2,1H3,(H,19,22)(H,18,20,21). The zero-order valence-corrected chi connectivity index (χ0v) is 15.2. The van der Waals surface area contributed by atoms with Gasteiger partial charge in [-0.25, -0.2) is 9.97 Å². The van der Waals surface area contributed by atoms with Gasteiger partial charge in [0.15, 0.2) is 10.8 Å². The minimum atomic E-state index is -0.108. The molecule has 0 aliphatic heterocycles. The molecule has 0 aliphatic rings. The van der Waals surface area contributed by atoms with E-state index in [0.717, 1.165) is 15.7 Å². The second-order valence-electron chi connectivity index (χ2n) is 4.81. The number of pyridine rings is 1. The summed E-state index contributed by atoms with van der Waals surface area (Å²) in [7, 11) is 0. The minimum absolute atomic E-state index is 0.108. The maximum atomic E-state index is 12.0. The summed E-state index contributed by atoms with van der Waals surface area (Å²) in [5, 5.41) is 4.10. The van der Waals surface area contributed by atoms with Crippen molar-refractivity contribution in [2.45, 2.75) is 12.1 Å². The van der Waals surface area contributed by atoms with Gasteiger partial charge >= 0.3 is 0 Å². The normalized spacial score (nSPS) is 10.9. The average molecular weight is 412 g/mol. The molecular weight excluding hydrogens is 400 g/mol. The van der Waals surface area contributed by atoms with Gasteiger partial charge in [-0.2, -0.15) is 0 Å². The third-order valence-corrected chi connectivity index (χ3v) is 4.98. The molecular formula is C15H12BrClN4OS. The predicted octanol–water partition coefficient (Wildman–Crippen LogP) is 4.41. The monoisotopic (exact) mass is 410 g/mol. The lowest BCUT2D eigenvalue weighted by Crippen LogP contribution is -2.13. The summed E-state index contributed by atoms with van der Waals surface area (Å²) < 4.78 is 0.922. The Morgan fingerprint density at radius 3 is 2.83 bits per heavy atom. The van der Waals surface area contributed by atoms with E-state index in [1.54, 1.807) is 24.3 Å². The first-order chi connectivity index (χ1) is 11.0. The number of rotatable bonds is 4. The number of anilines is 1. The van der Waals surface area contributed by atoms with E-state index in [-0.39, 0.29) is 11.7 Å². The summed E-state index contributed by atoms with van der Waals surface area (Å²) in [6, 6.07) is 8.92. The fourth-order valence-corrected chi connectivity index (χ4v) is 3.03. The van der Waals surface area contributed by atoms with Crippen molar-refractivity contribution < 1.29 is 4.79 Å². The van der Waals surface area contributed by atoms with Crippen molar-refractivity contribution in [1.82, 2.24) is 15.0 Å². The lowest BCUT2D eigenvalue weighted by Gasteiger charge is -2.03. The Balaban J connectivity index is 1.63. The molecule has 0 saturated heterocycles. The molecule has 2 N–H and O–H groups in total. The average Bonchev–Trinajstić information content (AvgIpc) is 2.90. The summed E-state index contributed by atoms with van der Waals surface area (Å²) in [5.41, 5.74) is 3.07. The maximum absolute atomic E-state index is 12.0. The molecule has 0 unspecified atom stereocenters. The van der Waals surface area contributed by atoms with E-state index in [1.807, 2.05) is 13.0 Å². The highest BCUT2D eigenvalue weighted by molar-refractivity contribution is 9.10. The molecule has 1 amide bonds. The predicted molar refractivity (Wildman–Crippen MR) is 97.1 cm³/mol. The van der Waals surface area contributed by atoms with Crippen molar-refractivity contribution in [3.05, 3.63) is 45.5 Å². The van der Waals surface area contributed by atoms with Gasteiger partial charge in [0, 0.05) is 15.2 Å². The number of carbonyl (C=O) groups is 1. The number of fused-ring (bicyclic) bond motifs is 1. The molecule has 23 heavy (non-hydrogen) atoms. The molecule has 0 atom stereocenters. The van der Waals surface area contributed by atoms with Crippen LogP contribution in [0.3, 0.4) is 0 Å². The summed E-state index contributed by atoms with van der Waals surface area (Å²) in [6.07, 6.45) is 0. The first kappa shape index (κ1) is 16.3. The summed E-state index contributed by atoms with van der Waals surface area (Å²) in [5.74, 6) is 0.144. The summed E-state index contributed by atoms with van der Waals surface area (Å²) in [4.78, 5) is 23.9. The van der Waals surface area contributed by atoms with Gasteiger partial charge in [0.25, 0.3) is 0 Å². The van der Waals surface area contributed by atoms with E-state index in [0.29, 0.717) is 21.5 Å². The molecule has 1 aromatic carbocycles. The molecule has 8 heteroatoms. The zero-order valence-electron chi connectivity index (χ0n) is 12.1. The summed E-state index contributed by atoms with van der Waals surface area (Å²) in [6.45, 7) is 1.91. The van der Waals surface area contributed by atoms with E-state index >= 15 is 0 Å². The number of aromatic nitrogens is 3. The van der Waals surface area contributed by atoms with Gasteiger partial charge in [-0.05, 0) is 53.2 Å². The largest absolute Gasteiger partial charge is 0.331 e. The molecule has 0 bridgehead atoms. The number of thioether (sulfide) groups is 1. The number of halogens is 2. The molecule has 0 radical (unpaired) electrons. The van der Waals surface area contributed by atoms with Crippen LogP contribution in [0, 0.1) is 6.92 Å². The van der Waals surface area contributed by atoms with E-state index in [1.165, 1.54) is 11.8 Å². The Labute approximate surface area is 150 Å². The molecule has 3 rings (SSSR count). The molecule has 2 aromatic heterocycles. The number of hydrogen-bond donors (Lipinski definition) is 2. The van der Waals surface area contributed by atoms with Crippen LogP contribution < -0.4 is 5.32 Å². The van der Waals surface area contributed by atoms with Crippen molar-refractivity contribution >= 4 is 62.1 Å². The van der Waals surface area contributed by atoms with Gasteiger partial charge in [0.1, 0.15) is 0 Å². The third kappa shape index (κ3) is 4.04. The highest BCUT2D eigenvalue weighted by Gasteiger charge is 2.10. The first-order valence-electron chi connectivity index (χ1n) is 6.72. The van der Waals surface area contributed by atoms with Gasteiger partial charge in [-0.1, -0.05) is 23.4 Å². The van der Waals surface area contributed by atoms with Crippen molar-refractivity contribution in [2.75, 3.05) is 11.1 Å². The molecule has 0 saturated carbocycles. The van der Waals surface area contributed by atoms with Crippen LogP contribution in [0.2, 0.25) is 5.02 Å². The quantitative estimate of drug-likeness (QED) is 0.624. The Bertz CT molecular complexity index is 827. The van der Waals surface area contributed by atoms with E-state index in [4.69, 9.17) is 11.6 Å². The highest BCUT2D eigenvalue weighted by atomic mass is 79.9. The SMILES string of the molecule is Cc1nc2nc(SCC(=O)Nc3ccc(Cl)cc3)[nH]c2cc1Br. The fourth-order valence-electron chi connectivity index (χ4n) is 1.92. The molecule has 0 spiro atoms. The van der Waals surface area contributed by atoms with E-state index in [9.17, 15) is 4.79 Å². The number of amides is 1. The third-order valence-electron chi connectivity index (χ3n) is 3.05. The van der Waals surface area contributed by atoms with Crippen molar-refractivity contribution in [3.8, 4) is 0 Å². The number of carbonyl (C=O) groups excluding carboxylic acids is 1. The second kappa shape index (κ2) is 6.90. The maximum Gasteiger partial charge on any atom is 0.234 e. The van der Waals surface area contributed by atoms with Crippen LogP contribution in [0.25, 0.3) is 11.2 Å². The lowest BCUT2D eigenvalue weighted by atomic mass is 10.3. The topological polar surface area (TPSA) is 70.7 Å². The van der Waals surface area contributed by atoms with E-state index in [2.05, 4.69) is 36.2 Å². The molecule has 0 aliphatic carbocycles. The van der Waals surface area contributed by atoms with Gasteiger partial charge in [0.05, 0.1) is 17.0 Å². The number of nitrogens with one attached hydrogen (secondary N) is 2. The fraction of sp³-hybridized carbons (Fsp3) is 0.133. The molecule has 2 heterocycles. The number of aromatic amines is 1. The van der Waals surface area contributed by atoms with Crippen molar-refractivity contribution in [2.24, 2.45) is 0 Å². The van der Waals surface area contributed by atoms with Crippen molar-refractivity contribution in [1.29, 1.82) is 0 Å². The highest BCUT2D eigenvalue weighted by Crippen LogP contribution is 2.23. The first-order valence-corrected chi connectivity index (χ1v) is 8.88. The number of nitrogens with zero attached hydrogens (tertiary/aromatic N) is 2. The van der Waals surface area contributed by atoms with Crippen LogP contribution in [-0.4, -0.2) is 26.6 Å². The van der Waals surface area contributed by atoms with Crippen LogP contribution >= 0.6 is 39.3 Å². The molecule has 5 nitrogen and oxygen atoms in total. The summed E-state index contributed by atoms with van der Waals surface area (Å²) >= 11 is 10.6. The van der Waals surface area contributed by atoms with Crippen LogP contribution in [0.4, 0.5) is 5.69 Å². The van der Waals surface area contributed by atoms with Gasteiger partial charge in [-0.15, -0.1) is 0 Å². The molecule has 3 aromatic rings. The van der Waals surface area contributed by atoms with Crippen LogP contribution in [0.5, 0.6) is 0 Å². The smallest absolute Gasteiger partial charge is 0.234 e. The van der Waals surface area contributed by atoms with Gasteiger partial charge in [-0.3, -0.25) is 4.79 Å². The number of benzene rings is 1. The Hall–Kier alpha value is -1.57. The number of hydrogen-bond acceptors (Lipinski definition) is 4. The van der Waals surface area contributed by atoms with Gasteiger partial charge in [0.2, 0.25) is 5.91 Å². The van der Waals surface area contributed by atoms with Crippen LogP contribution in [-0.2, 0) is 4.79 Å². The number of H-pyrrole nitrogens is 1. The van der Waals surface area contributed by atoms with Crippen LogP contribution in [0.1, 0.15) is 5.69 Å². The lowest BCUT2D eigenvalue weighted by molar-refractivity contribution is -0.113. The number of aryl methyl sites for hydroxylation is 1. The van der Waals surface area contributed by atoms with Gasteiger partial charge < -0.3 is 10.3 Å². The zero-order chi connectivity index (χ0) is 16.4. The molecule has 0 fully saturated rings. The van der Waals surface area contributed by atoms with E-state index < -0.39 is 0 Å². The van der Waals surface area contributed by atoms with Crippen molar-refractivity contribution in [3.63, 3.8) is 0 Å². The van der Waals surface area contributed by atoms with Crippen LogP contribution in [0.15, 0.2) is 40.0 Å². The number of imidazole rings is 1. The Morgan fingerprint density at radius 2 is 2.09 bits per heavy atom. The second-order valence-corrected chi connectivity index (χ2v) is 7.07. The molecule has 118 valence electrons.